The van der Waals surface area contributed by atoms with Gasteiger partial charge in [-0.3, -0.25) is 9.67 Å². The molecule has 4 aromatic rings. The molecule has 1 fully saturated rings. The Bertz CT molecular complexity index is 1130. The fourth-order valence-corrected chi connectivity index (χ4v) is 4.44. The maximum atomic E-state index is 10.4. The maximum absolute atomic E-state index is 10.4. The lowest BCUT2D eigenvalue weighted by molar-refractivity contribution is 0.0758. The van der Waals surface area contributed by atoms with E-state index in [0.717, 1.165) is 36.9 Å². The first-order valence-corrected chi connectivity index (χ1v) is 10.4. The summed E-state index contributed by atoms with van der Waals surface area (Å²) in [5, 5.41) is 17.1. The third-order valence-corrected chi connectivity index (χ3v) is 6.04. The van der Waals surface area contributed by atoms with Gasteiger partial charge in [-0.25, -0.2) is 0 Å². The van der Waals surface area contributed by atoms with E-state index in [1.165, 1.54) is 28.3 Å². The molecule has 0 saturated heterocycles. The van der Waals surface area contributed by atoms with Crippen LogP contribution in [0.5, 0.6) is 0 Å². The van der Waals surface area contributed by atoms with Crippen LogP contribution in [0, 0.1) is 0 Å². The van der Waals surface area contributed by atoms with Gasteiger partial charge in [0.1, 0.15) is 0 Å². The second-order valence-corrected chi connectivity index (χ2v) is 8.22. The predicted octanol–water partition coefficient (Wildman–Crippen LogP) is 4.50. The van der Waals surface area contributed by atoms with Crippen LogP contribution in [-0.4, -0.2) is 30.5 Å². The molecule has 0 unspecified atom stereocenters. The predicted molar refractivity (Wildman–Crippen MR) is 115 cm³/mol. The molecular formula is C24H26N4O. The fourth-order valence-electron chi connectivity index (χ4n) is 4.44. The van der Waals surface area contributed by atoms with Crippen LogP contribution in [0.2, 0.25) is 0 Å². The summed E-state index contributed by atoms with van der Waals surface area (Å²) in [5.74, 6) is 0. The van der Waals surface area contributed by atoms with E-state index in [0.29, 0.717) is 0 Å². The zero-order chi connectivity index (χ0) is 19.8. The Hall–Kier alpha value is -2.92. The molecule has 0 spiro atoms. The van der Waals surface area contributed by atoms with Gasteiger partial charge in [0.15, 0.2) is 0 Å². The SMILES string of the molecule is Cn1cc(-c2ccc(Cc3ccc4cn([C@@H]5CCCC[C@H]5O)cc4c3)cn2)cn1. The summed E-state index contributed by atoms with van der Waals surface area (Å²) in [4.78, 5) is 4.61. The van der Waals surface area contributed by atoms with Crippen molar-refractivity contribution in [2.45, 2.75) is 44.2 Å². The van der Waals surface area contributed by atoms with Crippen LogP contribution in [-0.2, 0) is 13.5 Å². The normalized spacial score (nSPS) is 19.7. The average molecular weight is 386 g/mol. The molecule has 5 nitrogen and oxygen atoms in total. The lowest BCUT2D eigenvalue weighted by Crippen LogP contribution is -2.26. The molecule has 3 aromatic heterocycles. The molecule has 0 radical (unpaired) electrons. The van der Waals surface area contributed by atoms with Gasteiger partial charge in [-0.2, -0.15) is 5.10 Å². The van der Waals surface area contributed by atoms with Crippen molar-refractivity contribution in [1.82, 2.24) is 19.3 Å². The van der Waals surface area contributed by atoms with Crippen molar-refractivity contribution in [1.29, 1.82) is 0 Å². The first kappa shape index (κ1) is 18.1. The molecule has 0 aliphatic heterocycles. The summed E-state index contributed by atoms with van der Waals surface area (Å²) in [6, 6.07) is 11.1. The first-order valence-electron chi connectivity index (χ1n) is 10.4. The van der Waals surface area contributed by atoms with E-state index >= 15 is 0 Å². The highest BCUT2D eigenvalue weighted by Crippen LogP contribution is 2.31. The summed E-state index contributed by atoms with van der Waals surface area (Å²) in [6.45, 7) is 0. The number of aryl methyl sites for hydroxylation is 1. The summed E-state index contributed by atoms with van der Waals surface area (Å²) in [7, 11) is 1.91. The van der Waals surface area contributed by atoms with Gasteiger partial charge in [0, 0.05) is 37.4 Å². The summed E-state index contributed by atoms with van der Waals surface area (Å²) >= 11 is 0. The number of benzene rings is 1. The van der Waals surface area contributed by atoms with Gasteiger partial charge in [0.25, 0.3) is 0 Å². The number of pyridine rings is 1. The Morgan fingerprint density at radius 2 is 1.79 bits per heavy atom. The number of hydrogen-bond donors (Lipinski definition) is 1. The van der Waals surface area contributed by atoms with Crippen LogP contribution < -0.4 is 0 Å². The molecule has 3 heterocycles. The topological polar surface area (TPSA) is 55.9 Å². The van der Waals surface area contributed by atoms with Gasteiger partial charge in [-0.1, -0.05) is 31.0 Å². The van der Waals surface area contributed by atoms with Crippen molar-refractivity contribution in [3.8, 4) is 11.3 Å². The Morgan fingerprint density at radius 1 is 0.966 bits per heavy atom. The second-order valence-electron chi connectivity index (χ2n) is 8.22. The van der Waals surface area contributed by atoms with E-state index in [2.05, 4.69) is 57.4 Å². The Balaban J connectivity index is 1.35. The minimum Gasteiger partial charge on any atom is -0.391 e. The van der Waals surface area contributed by atoms with Crippen LogP contribution in [0.1, 0.15) is 42.9 Å². The Morgan fingerprint density at radius 3 is 2.55 bits per heavy atom. The molecule has 0 amide bonds. The number of fused-ring (bicyclic) bond motifs is 1. The highest BCUT2D eigenvalue weighted by molar-refractivity contribution is 5.83. The van der Waals surface area contributed by atoms with Crippen LogP contribution in [0.3, 0.4) is 0 Å². The third-order valence-electron chi connectivity index (χ3n) is 6.04. The van der Waals surface area contributed by atoms with Gasteiger partial charge in [-0.05, 0) is 53.3 Å². The molecule has 0 bridgehead atoms. The molecule has 2 atom stereocenters. The summed E-state index contributed by atoms with van der Waals surface area (Å²) in [6.07, 6.45) is 15.1. The number of aliphatic hydroxyl groups is 1. The molecule has 5 rings (SSSR count). The quantitative estimate of drug-likeness (QED) is 0.562. The van der Waals surface area contributed by atoms with Crippen molar-refractivity contribution in [3.05, 3.63) is 72.4 Å². The molecule has 5 heteroatoms. The van der Waals surface area contributed by atoms with Crippen molar-refractivity contribution in [2.24, 2.45) is 7.05 Å². The first-order chi connectivity index (χ1) is 14.2. The van der Waals surface area contributed by atoms with Gasteiger partial charge in [0.05, 0.1) is 24.0 Å². The number of hydrogen-bond acceptors (Lipinski definition) is 3. The second kappa shape index (κ2) is 7.48. The highest BCUT2D eigenvalue weighted by atomic mass is 16.3. The van der Waals surface area contributed by atoms with E-state index in [1.807, 2.05) is 25.6 Å². The standard InChI is InChI=1S/C24H26N4O/c1-27-14-21(13-26-27)22-9-7-18(12-25-22)10-17-6-8-19-15-28(16-20(19)11-17)23-4-2-3-5-24(23)29/h6-9,11-16,23-24,29H,2-5,10H2,1H3/t23-,24-/m1/s1. The summed E-state index contributed by atoms with van der Waals surface area (Å²) < 4.78 is 4.01. The van der Waals surface area contributed by atoms with E-state index in [1.54, 1.807) is 4.68 Å². The molecule has 29 heavy (non-hydrogen) atoms. The van der Waals surface area contributed by atoms with Crippen LogP contribution in [0.25, 0.3) is 22.0 Å². The highest BCUT2D eigenvalue weighted by Gasteiger charge is 2.24. The minimum absolute atomic E-state index is 0.212. The van der Waals surface area contributed by atoms with Crippen LogP contribution in [0.15, 0.2) is 61.3 Å². The lowest BCUT2D eigenvalue weighted by Gasteiger charge is -2.28. The smallest absolute Gasteiger partial charge is 0.0747 e. The zero-order valence-electron chi connectivity index (χ0n) is 16.7. The number of nitrogens with zero attached hydrogens (tertiary/aromatic N) is 4. The van der Waals surface area contributed by atoms with Crippen molar-refractivity contribution >= 4 is 10.8 Å². The van der Waals surface area contributed by atoms with Gasteiger partial charge >= 0.3 is 0 Å². The van der Waals surface area contributed by atoms with Gasteiger partial charge < -0.3 is 9.67 Å². The molecule has 148 valence electrons. The number of aromatic nitrogens is 4. The fraction of sp³-hybridized carbons (Fsp3) is 0.333. The van der Waals surface area contributed by atoms with Gasteiger partial charge in [0.2, 0.25) is 0 Å². The van der Waals surface area contributed by atoms with Crippen molar-refractivity contribution in [3.63, 3.8) is 0 Å². The molecular weight excluding hydrogens is 360 g/mol. The average Bonchev–Trinajstić information content (AvgIpc) is 3.35. The maximum Gasteiger partial charge on any atom is 0.0747 e. The third kappa shape index (κ3) is 3.70. The zero-order valence-corrected chi connectivity index (χ0v) is 16.7. The van der Waals surface area contributed by atoms with Crippen LogP contribution >= 0.6 is 0 Å². The van der Waals surface area contributed by atoms with Crippen LogP contribution in [0.4, 0.5) is 0 Å². The lowest BCUT2D eigenvalue weighted by atomic mass is 9.92. The monoisotopic (exact) mass is 386 g/mol. The molecule has 1 N–H and O–H groups in total. The number of aliphatic hydroxyl groups excluding tert-OH is 1. The largest absolute Gasteiger partial charge is 0.391 e. The van der Waals surface area contributed by atoms with Crippen molar-refractivity contribution < 1.29 is 5.11 Å². The van der Waals surface area contributed by atoms with E-state index < -0.39 is 0 Å². The Kier molecular flexibility index (Phi) is 4.68. The minimum atomic E-state index is -0.227. The van der Waals surface area contributed by atoms with Gasteiger partial charge in [-0.15, -0.1) is 0 Å². The Labute approximate surface area is 170 Å². The van der Waals surface area contributed by atoms with E-state index in [-0.39, 0.29) is 12.1 Å². The molecule has 1 aromatic carbocycles. The molecule has 1 aliphatic rings. The van der Waals surface area contributed by atoms with E-state index in [4.69, 9.17) is 0 Å². The van der Waals surface area contributed by atoms with Crippen molar-refractivity contribution in [2.75, 3.05) is 0 Å². The summed E-state index contributed by atoms with van der Waals surface area (Å²) in [5.41, 5.74) is 4.45. The molecule has 1 saturated carbocycles. The van der Waals surface area contributed by atoms with E-state index in [9.17, 15) is 5.11 Å². The molecule has 1 aliphatic carbocycles. The number of rotatable bonds is 4.